The number of nitrogens with zero attached hydrogens (tertiary/aromatic N) is 4. The summed E-state index contributed by atoms with van der Waals surface area (Å²) in [4.78, 5) is 28.9. The van der Waals surface area contributed by atoms with Gasteiger partial charge in [-0.15, -0.1) is 0 Å². The number of aromatic nitrogens is 4. The summed E-state index contributed by atoms with van der Waals surface area (Å²) >= 11 is 0. The Morgan fingerprint density at radius 1 is 1.24 bits per heavy atom. The van der Waals surface area contributed by atoms with Crippen LogP contribution in [0.3, 0.4) is 0 Å². The molecule has 0 aliphatic heterocycles. The fraction of sp³-hybridized carbons (Fsp3) is 0.478. The molecule has 2 heterocycles. The average molecular weight is 485 g/mol. The maximum atomic E-state index is 13.0. The third-order valence-corrected chi connectivity index (χ3v) is 5.26. The molecule has 0 saturated carbocycles. The number of benzene rings is 1. The zero-order chi connectivity index (χ0) is 23.3. The van der Waals surface area contributed by atoms with E-state index >= 15 is 0 Å². The van der Waals surface area contributed by atoms with Gasteiger partial charge >= 0.3 is 43.7 Å². The molecule has 33 heavy (non-hydrogen) atoms. The van der Waals surface area contributed by atoms with E-state index in [9.17, 15) is 14.7 Å². The fourth-order valence-electron chi connectivity index (χ4n) is 3.70. The van der Waals surface area contributed by atoms with Gasteiger partial charge in [-0.05, 0) is 38.0 Å². The van der Waals surface area contributed by atoms with Crippen LogP contribution >= 0.6 is 0 Å². The largest absolute Gasteiger partial charge is 2.00 e. The summed E-state index contributed by atoms with van der Waals surface area (Å²) in [7, 11) is 1.77. The maximum Gasteiger partial charge on any atom is 2.00 e. The molecular weight excluding hydrogens is 452 g/mol. The van der Waals surface area contributed by atoms with Crippen molar-refractivity contribution in [3.05, 3.63) is 51.7 Å². The van der Waals surface area contributed by atoms with Gasteiger partial charge in [0.2, 0.25) is 0 Å². The molecule has 3 aromatic rings. The molecule has 0 aliphatic rings. The topological polar surface area (TPSA) is 108 Å². The van der Waals surface area contributed by atoms with Crippen molar-refractivity contribution in [1.29, 1.82) is 0 Å². The Morgan fingerprint density at radius 3 is 2.55 bits per heavy atom. The van der Waals surface area contributed by atoms with E-state index in [1.807, 2.05) is 19.1 Å². The van der Waals surface area contributed by atoms with Crippen LogP contribution in [-0.2, 0) is 36.0 Å². The van der Waals surface area contributed by atoms with E-state index in [1.54, 1.807) is 35.4 Å². The van der Waals surface area contributed by atoms with Gasteiger partial charge in [-0.1, -0.05) is 25.5 Å². The van der Waals surface area contributed by atoms with Crippen LogP contribution in [0.25, 0.3) is 11.0 Å². The zero-order valence-corrected chi connectivity index (χ0v) is 21.9. The van der Waals surface area contributed by atoms with Gasteiger partial charge in [-0.25, -0.2) is 9.78 Å². The van der Waals surface area contributed by atoms with Gasteiger partial charge in [0, 0.05) is 20.1 Å². The Labute approximate surface area is 225 Å². The average Bonchev–Trinajstić information content (AvgIpc) is 3.06. The third kappa shape index (κ3) is 6.56. The van der Waals surface area contributed by atoms with Crippen LogP contribution in [0, 0.1) is 6.92 Å². The summed E-state index contributed by atoms with van der Waals surface area (Å²) < 4.78 is 14.3. The van der Waals surface area contributed by atoms with Crippen molar-refractivity contribution in [3.8, 4) is 5.75 Å². The fourth-order valence-corrected chi connectivity index (χ4v) is 3.70. The first kappa shape index (κ1) is 27.3. The Bertz CT molecular complexity index is 1150. The summed E-state index contributed by atoms with van der Waals surface area (Å²) in [6.07, 6.45) is 1.14. The first-order valence-electron chi connectivity index (χ1n) is 10.8. The molecule has 9 nitrogen and oxygen atoms in total. The van der Waals surface area contributed by atoms with Crippen molar-refractivity contribution in [2.24, 2.45) is 7.05 Å². The van der Waals surface area contributed by atoms with Crippen LogP contribution in [0.15, 0.2) is 29.1 Å². The number of aliphatic carboxylic acids is 1. The SMILES string of the molecule is CCCc1nn(C)c2c(=O)n(CCOc3ccc(CC(OCC)C(=O)O)cc3)c(C)nc12.[Ca+2].[H-].[H-]. The smallest absolute Gasteiger partial charge is 1.00 e. The van der Waals surface area contributed by atoms with E-state index in [1.165, 1.54) is 0 Å². The molecule has 0 radical (unpaired) electrons. The second kappa shape index (κ2) is 12.5. The molecule has 2 aromatic heterocycles. The van der Waals surface area contributed by atoms with E-state index in [-0.39, 0.29) is 52.6 Å². The van der Waals surface area contributed by atoms with Gasteiger partial charge in [0.1, 0.15) is 23.7 Å². The number of carboxylic acid groups (broad SMARTS) is 1. The van der Waals surface area contributed by atoms with Crippen molar-refractivity contribution in [1.82, 2.24) is 19.3 Å². The van der Waals surface area contributed by atoms with Gasteiger partial charge < -0.3 is 17.4 Å². The minimum Gasteiger partial charge on any atom is -1.00 e. The van der Waals surface area contributed by atoms with Crippen molar-refractivity contribution in [3.63, 3.8) is 0 Å². The maximum absolute atomic E-state index is 13.0. The zero-order valence-electron chi connectivity index (χ0n) is 21.7. The monoisotopic (exact) mass is 484 g/mol. The summed E-state index contributed by atoms with van der Waals surface area (Å²) in [5, 5.41) is 13.7. The number of hydrogen-bond acceptors (Lipinski definition) is 6. The van der Waals surface area contributed by atoms with Crippen LogP contribution in [0.4, 0.5) is 0 Å². The van der Waals surface area contributed by atoms with Crippen LogP contribution in [0.2, 0.25) is 0 Å². The predicted molar refractivity (Wildman–Crippen MR) is 128 cm³/mol. The minimum absolute atomic E-state index is 0. The van der Waals surface area contributed by atoms with E-state index in [0.717, 1.165) is 24.1 Å². The number of rotatable bonds is 11. The van der Waals surface area contributed by atoms with Crippen molar-refractivity contribution >= 4 is 54.7 Å². The summed E-state index contributed by atoms with van der Waals surface area (Å²) in [6.45, 7) is 6.65. The molecule has 0 saturated heterocycles. The molecule has 0 bridgehead atoms. The van der Waals surface area contributed by atoms with Gasteiger partial charge in [0.25, 0.3) is 5.56 Å². The molecule has 10 heteroatoms. The third-order valence-electron chi connectivity index (χ3n) is 5.26. The molecule has 1 atom stereocenters. The summed E-state index contributed by atoms with van der Waals surface area (Å²) in [6, 6.07) is 7.21. The molecule has 1 unspecified atom stereocenters. The van der Waals surface area contributed by atoms with Gasteiger partial charge in [-0.3, -0.25) is 14.0 Å². The predicted octanol–water partition coefficient (Wildman–Crippen LogP) is 2.35. The number of carboxylic acids is 1. The van der Waals surface area contributed by atoms with Crippen LogP contribution in [0.5, 0.6) is 5.75 Å². The van der Waals surface area contributed by atoms with Gasteiger partial charge in [0.15, 0.2) is 11.6 Å². The standard InChI is InChI=1S/C23H30N4O5.Ca.2H/c1-5-7-18-20-21(26(4)25-18)22(28)27(15(3)24-20)12-13-32-17-10-8-16(9-11-17)14-19(23(29)30)31-6-2;;;/h8-11,19H,5-7,12-14H2,1-4H3,(H,29,30);;;/q;+2;2*-1. The van der Waals surface area contributed by atoms with Crippen molar-refractivity contribution < 1.29 is 22.2 Å². The Morgan fingerprint density at radius 2 is 1.94 bits per heavy atom. The van der Waals surface area contributed by atoms with E-state index in [2.05, 4.69) is 17.0 Å². The van der Waals surface area contributed by atoms with Crippen LogP contribution < -0.4 is 10.3 Å². The number of hydrogen-bond donors (Lipinski definition) is 1. The molecule has 0 amide bonds. The van der Waals surface area contributed by atoms with E-state index in [4.69, 9.17) is 9.47 Å². The Hall–Kier alpha value is -1.94. The van der Waals surface area contributed by atoms with E-state index < -0.39 is 12.1 Å². The molecule has 0 fully saturated rings. The van der Waals surface area contributed by atoms with E-state index in [0.29, 0.717) is 42.4 Å². The first-order valence-corrected chi connectivity index (χ1v) is 10.8. The Balaban J connectivity index is 0.00000385. The first-order chi connectivity index (χ1) is 15.3. The molecular formula is C23H32CaN4O5. The quantitative estimate of drug-likeness (QED) is 0.416. The summed E-state index contributed by atoms with van der Waals surface area (Å²) in [5.74, 6) is 0.291. The number of ether oxygens (including phenoxy) is 2. The molecule has 0 aliphatic carbocycles. The second-order valence-corrected chi connectivity index (χ2v) is 7.61. The van der Waals surface area contributed by atoms with Crippen LogP contribution in [0.1, 0.15) is 40.2 Å². The normalized spacial score (nSPS) is 11.9. The number of aryl methyl sites for hydroxylation is 3. The van der Waals surface area contributed by atoms with Crippen LogP contribution in [-0.4, -0.2) is 87.5 Å². The molecule has 176 valence electrons. The number of fused-ring (bicyclic) bond motifs is 1. The molecule has 0 spiro atoms. The molecule has 1 aromatic carbocycles. The Kier molecular flexibility index (Phi) is 10.3. The van der Waals surface area contributed by atoms with Crippen molar-refractivity contribution in [2.75, 3.05) is 13.2 Å². The van der Waals surface area contributed by atoms with Gasteiger partial charge in [0.05, 0.1) is 12.2 Å². The second-order valence-electron chi connectivity index (χ2n) is 7.61. The number of carbonyl (C=O) groups is 1. The van der Waals surface area contributed by atoms with Gasteiger partial charge in [-0.2, -0.15) is 5.10 Å². The van der Waals surface area contributed by atoms with Crippen molar-refractivity contribution in [2.45, 2.75) is 52.7 Å². The molecule has 1 N–H and O–H groups in total. The minimum atomic E-state index is -0.978. The summed E-state index contributed by atoms with van der Waals surface area (Å²) in [5.41, 5.74) is 2.75. The molecule has 3 rings (SSSR count).